The molecule has 0 amide bonds. The van der Waals surface area contributed by atoms with Crippen LogP contribution in [0.25, 0.3) is 11.1 Å². The fraction of sp³-hybridized carbons (Fsp3) is 0.294. The Kier molecular flexibility index (Phi) is 3.81. The van der Waals surface area contributed by atoms with E-state index in [1.165, 1.54) is 0 Å². The lowest BCUT2D eigenvalue weighted by molar-refractivity contribution is 0.708. The van der Waals surface area contributed by atoms with E-state index in [1.807, 2.05) is 18.2 Å². The van der Waals surface area contributed by atoms with Gasteiger partial charge in [-0.3, -0.25) is 4.79 Å². The lowest BCUT2D eigenvalue weighted by Gasteiger charge is -2.14. The number of aromatic nitrogens is 1. The molecule has 106 valence electrons. The zero-order valence-electron chi connectivity index (χ0n) is 11.6. The van der Waals surface area contributed by atoms with Crippen LogP contribution in [0.4, 0.5) is 0 Å². The van der Waals surface area contributed by atoms with E-state index in [-0.39, 0.29) is 11.1 Å². The van der Waals surface area contributed by atoms with Gasteiger partial charge in [-0.05, 0) is 48.9 Å². The molecule has 3 rings (SSSR count). The maximum absolute atomic E-state index is 12.2. The number of halogens is 1. The third-order valence-electron chi connectivity index (χ3n) is 3.99. The predicted molar refractivity (Wildman–Crippen MR) is 83.5 cm³/mol. The van der Waals surface area contributed by atoms with Gasteiger partial charge in [-0.15, -0.1) is 0 Å². The molecule has 1 aromatic carbocycles. The fourth-order valence-corrected chi connectivity index (χ4v) is 3.22. The summed E-state index contributed by atoms with van der Waals surface area (Å²) in [6, 6.07) is 9.44. The van der Waals surface area contributed by atoms with Gasteiger partial charge in [-0.1, -0.05) is 30.2 Å². The second-order valence-electron chi connectivity index (χ2n) is 5.34. The minimum absolute atomic E-state index is 0.193. The Bertz CT molecular complexity index is 786. The van der Waals surface area contributed by atoms with E-state index >= 15 is 0 Å². The van der Waals surface area contributed by atoms with Crippen molar-refractivity contribution in [1.82, 2.24) is 4.98 Å². The van der Waals surface area contributed by atoms with Crippen LogP contribution < -0.4 is 5.56 Å². The lowest BCUT2D eigenvalue weighted by Crippen LogP contribution is -2.17. The summed E-state index contributed by atoms with van der Waals surface area (Å²) in [7, 11) is 0. The van der Waals surface area contributed by atoms with E-state index in [1.54, 1.807) is 6.07 Å². The van der Waals surface area contributed by atoms with Crippen LogP contribution in [-0.4, -0.2) is 4.98 Å². The summed E-state index contributed by atoms with van der Waals surface area (Å²) in [6.45, 7) is 0. The standard InChI is InChI=1S/C17H15ClN2O/c18-12-6-4-5-11(9-12)16-13-7-2-1-3-8-15(13)20-17(21)14(16)10-19/h4-6,9H,1-3,7-8H2,(H,20,21). The van der Waals surface area contributed by atoms with Crippen LogP contribution in [0, 0.1) is 11.3 Å². The molecule has 0 spiro atoms. The van der Waals surface area contributed by atoms with Crippen LogP contribution in [0.1, 0.15) is 36.1 Å². The van der Waals surface area contributed by atoms with E-state index in [4.69, 9.17) is 11.6 Å². The van der Waals surface area contributed by atoms with Crippen molar-refractivity contribution < 1.29 is 0 Å². The number of aromatic amines is 1. The van der Waals surface area contributed by atoms with Gasteiger partial charge in [0.1, 0.15) is 11.6 Å². The smallest absolute Gasteiger partial charge is 0.266 e. The summed E-state index contributed by atoms with van der Waals surface area (Å²) in [4.78, 5) is 15.1. The summed E-state index contributed by atoms with van der Waals surface area (Å²) in [5.74, 6) is 0. The molecule has 1 aliphatic rings. The van der Waals surface area contributed by atoms with Crippen LogP contribution in [0.15, 0.2) is 29.1 Å². The highest BCUT2D eigenvalue weighted by atomic mass is 35.5. The van der Waals surface area contributed by atoms with Gasteiger partial charge in [0.2, 0.25) is 0 Å². The Morgan fingerprint density at radius 3 is 2.76 bits per heavy atom. The van der Waals surface area contributed by atoms with E-state index in [9.17, 15) is 10.1 Å². The number of aryl methyl sites for hydroxylation is 1. The van der Waals surface area contributed by atoms with Crippen LogP contribution >= 0.6 is 11.6 Å². The van der Waals surface area contributed by atoms with Gasteiger partial charge in [-0.2, -0.15) is 5.26 Å². The van der Waals surface area contributed by atoms with E-state index in [0.29, 0.717) is 5.02 Å². The van der Waals surface area contributed by atoms with Gasteiger partial charge in [0.15, 0.2) is 0 Å². The fourth-order valence-electron chi connectivity index (χ4n) is 3.03. The van der Waals surface area contributed by atoms with Gasteiger partial charge in [0.25, 0.3) is 5.56 Å². The quantitative estimate of drug-likeness (QED) is 0.813. The molecule has 0 atom stereocenters. The maximum atomic E-state index is 12.2. The molecule has 0 saturated heterocycles. The molecule has 0 aliphatic heterocycles. The number of H-pyrrole nitrogens is 1. The first-order valence-electron chi connectivity index (χ1n) is 7.15. The highest BCUT2D eigenvalue weighted by molar-refractivity contribution is 6.30. The zero-order chi connectivity index (χ0) is 14.8. The van der Waals surface area contributed by atoms with E-state index in [2.05, 4.69) is 11.1 Å². The number of benzene rings is 1. The average molecular weight is 299 g/mol. The number of hydrogen-bond donors (Lipinski definition) is 1. The Morgan fingerprint density at radius 2 is 2.00 bits per heavy atom. The first-order valence-corrected chi connectivity index (χ1v) is 7.52. The van der Waals surface area contributed by atoms with Gasteiger partial charge < -0.3 is 4.98 Å². The van der Waals surface area contributed by atoms with Gasteiger partial charge >= 0.3 is 0 Å². The Morgan fingerprint density at radius 1 is 1.19 bits per heavy atom. The van der Waals surface area contributed by atoms with Gasteiger partial charge in [-0.25, -0.2) is 0 Å². The summed E-state index contributed by atoms with van der Waals surface area (Å²) in [5, 5.41) is 10.0. The minimum atomic E-state index is -0.298. The molecule has 1 N–H and O–H groups in total. The molecule has 0 saturated carbocycles. The average Bonchev–Trinajstić information content (AvgIpc) is 2.70. The maximum Gasteiger partial charge on any atom is 0.266 e. The SMILES string of the molecule is N#Cc1c(-c2cccc(Cl)c2)c2c([nH]c1=O)CCCCC2. The molecule has 0 fully saturated rings. The van der Waals surface area contributed by atoms with E-state index < -0.39 is 0 Å². The summed E-state index contributed by atoms with van der Waals surface area (Å²) >= 11 is 6.08. The molecular weight excluding hydrogens is 284 g/mol. The first kappa shape index (κ1) is 13.9. The van der Waals surface area contributed by atoms with Gasteiger partial charge in [0, 0.05) is 16.3 Å². The molecule has 1 heterocycles. The topological polar surface area (TPSA) is 56.6 Å². The van der Waals surface area contributed by atoms with Crippen molar-refractivity contribution in [2.24, 2.45) is 0 Å². The second kappa shape index (κ2) is 5.75. The van der Waals surface area contributed by atoms with Crippen molar-refractivity contribution >= 4 is 11.6 Å². The number of nitrogens with one attached hydrogen (secondary N) is 1. The molecule has 2 aromatic rings. The molecule has 1 aromatic heterocycles. The third kappa shape index (κ3) is 2.59. The molecule has 0 radical (unpaired) electrons. The van der Waals surface area contributed by atoms with Crippen molar-refractivity contribution in [2.45, 2.75) is 32.1 Å². The molecule has 0 bridgehead atoms. The number of nitriles is 1. The van der Waals surface area contributed by atoms with Crippen molar-refractivity contribution in [2.75, 3.05) is 0 Å². The van der Waals surface area contributed by atoms with Crippen molar-refractivity contribution in [3.63, 3.8) is 0 Å². The highest BCUT2D eigenvalue weighted by Gasteiger charge is 2.20. The van der Waals surface area contributed by atoms with Crippen LogP contribution in [-0.2, 0) is 12.8 Å². The zero-order valence-corrected chi connectivity index (χ0v) is 12.3. The van der Waals surface area contributed by atoms with Crippen molar-refractivity contribution in [1.29, 1.82) is 5.26 Å². The summed E-state index contributed by atoms with van der Waals surface area (Å²) < 4.78 is 0. The van der Waals surface area contributed by atoms with Crippen molar-refractivity contribution in [3.05, 3.63) is 56.5 Å². The Balaban J connectivity index is 2.34. The van der Waals surface area contributed by atoms with Crippen molar-refractivity contribution in [3.8, 4) is 17.2 Å². The minimum Gasteiger partial charge on any atom is -0.325 e. The monoisotopic (exact) mass is 298 g/mol. The Hall–Kier alpha value is -2.05. The lowest BCUT2D eigenvalue weighted by atomic mass is 9.92. The summed E-state index contributed by atoms with van der Waals surface area (Å²) in [6.07, 6.45) is 5.06. The molecule has 21 heavy (non-hydrogen) atoms. The summed E-state index contributed by atoms with van der Waals surface area (Å²) in [5.41, 5.74) is 3.59. The number of fused-ring (bicyclic) bond motifs is 1. The predicted octanol–water partition coefficient (Wildman–Crippen LogP) is 3.84. The Labute approximate surface area is 128 Å². The number of nitrogens with zero attached hydrogens (tertiary/aromatic N) is 1. The highest BCUT2D eigenvalue weighted by Crippen LogP contribution is 2.32. The number of rotatable bonds is 1. The van der Waals surface area contributed by atoms with Gasteiger partial charge in [0.05, 0.1) is 0 Å². The second-order valence-corrected chi connectivity index (χ2v) is 5.78. The van der Waals surface area contributed by atoms with E-state index in [0.717, 1.165) is 54.5 Å². The van der Waals surface area contributed by atoms with Crippen LogP contribution in [0.2, 0.25) is 5.02 Å². The van der Waals surface area contributed by atoms with Crippen LogP contribution in [0.5, 0.6) is 0 Å². The molecule has 4 heteroatoms. The molecule has 3 nitrogen and oxygen atoms in total. The first-order chi connectivity index (χ1) is 10.2. The normalized spacial score (nSPS) is 14.1. The van der Waals surface area contributed by atoms with Crippen LogP contribution in [0.3, 0.4) is 0 Å². The number of hydrogen-bond acceptors (Lipinski definition) is 2. The molecule has 1 aliphatic carbocycles. The largest absolute Gasteiger partial charge is 0.325 e. The molecule has 0 unspecified atom stereocenters. The third-order valence-corrected chi connectivity index (χ3v) is 4.22. The number of pyridine rings is 1. The molecular formula is C17H15ClN2O.